The average molecular weight is 329 g/mol. The molecule has 0 aliphatic carbocycles. The molecule has 0 amide bonds. The molecule has 2 N–H and O–H groups in total. The Bertz CT molecular complexity index is 655. The number of hydrogen-bond acceptors (Lipinski definition) is 4. The van der Waals surface area contributed by atoms with Crippen LogP contribution in [-0.2, 0) is 9.32 Å². The van der Waals surface area contributed by atoms with Gasteiger partial charge in [-0.15, -0.1) is 0 Å². The molecule has 1 aliphatic rings. The Morgan fingerprint density at radius 2 is 1.74 bits per heavy atom. The van der Waals surface area contributed by atoms with Crippen molar-refractivity contribution in [1.82, 2.24) is 0 Å². The van der Waals surface area contributed by atoms with E-state index in [4.69, 9.17) is 15.0 Å². The maximum Gasteiger partial charge on any atom is 0.320 e. The zero-order valence-electron chi connectivity index (χ0n) is 13.0. The summed E-state index contributed by atoms with van der Waals surface area (Å²) in [6.07, 6.45) is 0.906. The van der Waals surface area contributed by atoms with Gasteiger partial charge >= 0.3 is 5.97 Å². The Kier molecular flexibility index (Phi) is 4.94. The van der Waals surface area contributed by atoms with Crippen LogP contribution < -0.4 is 10.5 Å². The molecule has 0 spiro atoms. The Hall–Kier alpha value is -1.90. The van der Waals surface area contributed by atoms with Crippen molar-refractivity contribution < 1.29 is 14.1 Å². The number of nitrogens with two attached hydrogens (primary N) is 1. The predicted molar refractivity (Wildman–Crippen MR) is 92.3 cm³/mol. The summed E-state index contributed by atoms with van der Waals surface area (Å²) < 4.78 is 11.5. The molecule has 2 unspecified atom stereocenters. The maximum atomic E-state index is 12.7. The molecule has 3 rings (SSSR count). The molecule has 23 heavy (non-hydrogen) atoms. The molecular formula is C18H20NO3P. The van der Waals surface area contributed by atoms with Crippen LogP contribution in [0.25, 0.3) is 0 Å². The van der Waals surface area contributed by atoms with E-state index in [1.165, 1.54) is 0 Å². The highest BCUT2D eigenvalue weighted by molar-refractivity contribution is 7.33. The van der Waals surface area contributed by atoms with Gasteiger partial charge in [-0.3, -0.25) is 4.79 Å². The molecule has 4 nitrogen and oxygen atoms in total. The van der Waals surface area contributed by atoms with E-state index in [2.05, 4.69) is 6.92 Å². The largest absolute Gasteiger partial charge is 0.457 e. The molecule has 0 radical (unpaired) electrons. The molecular weight excluding hydrogens is 309 g/mol. The predicted octanol–water partition coefficient (Wildman–Crippen LogP) is 3.80. The minimum Gasteiger partial charge on any atom is -0.457 e. The van der Waals surface area contributed by atoms with Crippen LogP contribution in [0.2, 0.25) is 0 Å². The van der Waals surface area contributed by atoms with E-state index in [1.807, 2.05) is 48.5 Å². The molecule has 5 heteroatoms. The van der Waals surface area contributed by atoms with Gasteiger partial charge in [0.15, 0.2) is 0 Å². The number of ether oxygens (including phenoxy) is 1. The van der Waals surface area contributed by atoms with Crippen molar-refractivity contribution in [2.45, 2.75) is 24.9 Å². The number of carbonyl (C=O) groups excluding carboxylic acids is 1. The summed E-state index contributed by atoms with van der Waals surface area (Å²) in [4.78, 5) is 12.7. The van der Waals surface area contributed by atoms with E-state index in [1.54, 1.807) is 0 Å². The van der Waals surface area contributed by atoms with E-state index in [9.17, 15) is 4.79 Å². The zero-order valence-corrected chi connectivity index (χ0v) is 14.0. The van der Waals surface area contributed by atoms with Gasteiger partial charge in [-0.2, -0.15) is 0 Å². The Morgan fingerprint density at radius 1 is 1.17 bits per heavy atom. The lowest BCUT2D eigenvalue weighted by atomic mass is 9.88. The standard InChI is InChI=1S/C18H20NO3P/c1-2-12(11-19)23-22-18(20)17-13-7-3-5-9-15(13)21-16-10-6-4-8-14(16)17/h3-10,12,17,23H,2,11,19H2,1H3. The third kappa shape index (κ3) is 3.24. The normalized spacial score (nSPS) is 14.9. The van der Waals surface area contributed by atoms with Crippen LogP contribution in [0.1, 0.15) is 30.4 Å². The van der Waals surface area contributed by atoms with Crippen LogP contribution in [0, 0.1) is 0 Å². The second-order valence-corrected chi connectivity index (χ2v) is 6.75. The first-order valence-electron chi connectivity index (χ1n) is 7.76. The van der Waals surface area contributed by atoms with Gasteiger partial charge in [0.05, 0.1) is 8.81 Å². The van der Waals surface area contributed by atoms with Crippen LogP contribution in [0.5, 0.6) is 11.5 Å². The summed E-state index contributed by atoms with van der Waals surface area (Å²) in [5, 5.41) is 0. The zero-order chi connectivity index (χ0) is 16.2. The number of fused-ring (bicyclic) bond motifs is 2. The van der Waals surface area contributed by atoms with Crippen LogP contribution >= 0.6 is 8.81 Å². The lowest BCUT2D eigenvalue weighted by molar-refractivity contribution is -0.134. The minimum atomic E-state index is -0.445. The summed E-state index contributed by atoms with van der Waals surface area (Å²) in [7, 11) is 0.0872. The third-order valence-electron chi connectivity index (χ3n) is 4.02. The fourth-order valence-electron chi connectivity index (χ4n) is 2.66. The maximum absolute atomic E-state index is 12.7. The monoisotopic (exact) mass is 329 g/mol. The van der Waals surface area contributed by atoms with Crippen molar-refractivity contribution in [3.63, 3.8) is 0 Å². The Morgan fingerprint density at radius 3 is 2.26 bits per heavy atom. The van der Waals surface area contributed by atoms with Crippen molar-refractivity contribution in [1.29, 1.82) is 0 Å². The van der Waals surface area contributed by atoms with E-state index in [-0.39, 0.29) is 20.4 Å². The second kappa shape index (κ2) is 7.12. The van der Waals surface area contributed by atoms with Gasteiger partial charge in [0.2, 0.25) is 0 Å². The molecule has 120 valence electrons. The average Bonchev–Trinajstić information content (AvgIpc) is 2.60. The number of benzene rings is 2. The Balaban J connectivity index is 1.90. The smallest absolute Gasteiger partial charge is 0.320 e. The first kappa shape index (κ1) is 16.0. The number of hydrogen-bond donors (Lipinski definition) is 1. The summed E-state index contributed by atoms with van der Waals surface area (Å²) in [6.45, 7) is 2.58. The highest BCUT2D eigenvalue weighted by Gasteiger charge is 2.33. The quantitative estimate of drug-likeness (QED) is 0.848. The summed E-state index contributed by atoms with van der Waals surface area (Å²) in [5.74, 6) is 0.738. The van der Waals surface area contributed by atoms with Gasteiger partial charge < -0.3 is 15.0 Å². The van der Waals surface area contributed by atoms with Gasteiger partial charge in [0, 0.05) is 23.3 Å². The van der Waals surface area contributed by atoms with Gasteiger partial charge in [0.25, 0.3) is 0 Å². The van der Waals surface area contributed by atoms with Crippen molar-refractivity contribution in [2.24, 2.45) is 5.73 Å². The number of rotatable bonds is 5. The highest BCUT2D eigenvalue weighted by atomic mass is 31.1. The highest BCUT2D eigenvalue weighted by Crippen LogP contribution is 2.45. The van der Waals surface area contributed by atoms with Gasteiger partial charge in [0.1, 0.15) is 17.4 Å². The Labute approximate surface area is 137 Å². The molecule has 1 heterocycles. The van der Waals surface area contributed by atoms with Gasteiger partial charge in [-0.25, -0.2) is 0 Å². The molecule has 2 aromatic carbocycles. The van der Waals surface area contributed by atoms with Crippen molar-refractivity contribution in [3.8, 4) is 11.5 Å². The molecule has 0 fully saturated rings. The molecule has 2 aromatic rings. The molecule has 0 aromatic heterocycles. The summed E-state index contributed by atoms with van der Waals surface area (Å²) in [6, 6.07) is 15.2. The van der Waals surface area contributed by atoms with Crippen molar-refractivity contribution >= 4 is 14.8 Å². The molecule has 0 saturated heterocycles. The van der Waals surface area contributed by atoms with Crippen LogP contribution in [0.3, 0.4) is 0 Å². The lowest BCUT2D eigenvalue weighted by Gasteiger charge is -2.27. The van der Waals surface area contributed by atoms with Gasteiger partial charge in [-0.1, -0.05) is 43.3 Å². The third-order valence-corrected chi connectivity index (χ3v) is 5.32. The van der Waals surface area contributed by atoms with E-state index in [0.717, 1.165) is 17.5 Å². The number of carbonyl (C=O) groups is 1. The first-order valence-corrected chi connectivity index (χ1v) is 8.75. The SMILES string of the molecule is CCC(CN)POC(=O)C1c2ccccc2Oc2ccccc21. The first-order chi connectivity index (χ1) is 11.2. The van der Waals surface area contributed by atoms with Crippen molar-refractivity contribution in [2.75, 3.05) is 6.54 Å². The fourth-order valence-corrected chi connectivity index (χ4v) is 3.33. The van der Waals surface area contributed by atoms with E-state index in [0.29, 0.717) is 18.0 Å². The molecule has 0 saturated carbocycles. The van der Waals surface area contributed by atoms with Gasteiger partial charge in [-0.05, 0) is 18.6 Å². The van der Waals surface area contributed by atoms with E-state index < -0.39 is 5.92 Å². The van der Waals surface area contributed by atoms with Crippen LogP contribution in [0.15, 0.2) is 48.5 Å². The molecule has 2 atom stereocenters. The summed E-state index contributed by atoms with van der Waals surface area (Å²) in [5.41, 5.74) is 7.62. The van der Waals surface area contributed by atoms with E-state index >= 15 is 0 Å². The molecule has 0 bridgehead atoms. The fraction of sp³-hybridized carbons (Fsp3) is 0.278. The topological polar surface area (TPSA) is 61.5 Å². The minimum absolute atomic E-state index is 0.0872. The van der Waals surface area contributed by atoms with Crippen LogP contribution in [-0.4, -0.2) is 18.2 Å². The lowest BCUT2D eigenvalue weighted by Crippen LogP contribution is -2.21. The number of para-hydroxylation sites is 2. The van der Waals surface area contributed by atoms with Crippen LogP contribution in [0.4, 0.5) is 0 Å². The second-order valence-electron chi connectivity index (χ2n) is 5.49. The van der Waals surface area contributed by atoms with Crippen molar-refractivity contribution in [3.05, 3.63) is 59.7 Å². The molecule has 1 aliphatic heterocycles. The summed E-state index contributed by atoms with van der Waals surface area (Å²) >= 11 is 0.